The van der Waals surface area contributed by atoms with E-state index in [1.807, 2.05) is 33.9 Å². The van der Waals surface area contributed by atoms with E-state index in [4.69, 9.17) is 0 Å². The van der Waals surface area contributed by atoms with Crippen LogP contribution in [0, 0.1) is 26.6 Å². The lowest BCUT2D eigenvalue weighted by Gasteiger charge is -2.12. The number of aromatic nitrogens is 2. The average molecular weight is 247 g/mol. The molecule has 4 heteroatoms. The molecule has 0 aliphatic rings. The fourth-order valence-electron chi connectivity index (χ4n) is 2.07. The van der Waals surface area contributed by atoms with Gasteiger partial charge in [0.05, 0.1) is 5.69 Å². The van der Waals surface area contributed by atoms with Crippen molar-refractivity contribution in [2.45, 2.75) is 27.3 Å². The van der Waals surface area contributed by atoms with Crippen LogP contribution >= 0.6 is 0 Å². The number of benzene rings is 1. The predicted molar refractivity (Wildman–Crippen MR) is 70.5 cm³/mol. The first-order valence-corrected chi connectivity index (χ1v) is 6.01. The van der Waals surface area contributed by atoms with Crippen molar-refractivity contribution in [3.05, 3.63) is 46.5 Å². The smallest absolute Gasteiger partial charge is 0.149 e. The summed E-state index contributed by atoms with van der Waals surface area (Å²) in [5, 5.41) is 7.49. The van der Waals surface area contributed by atoms with Crippen LogP contribution in [0.25, 0.3) is 5.69 Å². The van der Waals surface area contributed by atoms with E-state index in [0.717, 1.165) is 22.5 Å². The second-order valence-electron chi connectivity index (χ2n) is 4.49. The van der Waals surface area contributed by atoms with Gasteiger partial charge >= 0.3 is 0 Å². The first kappa shape index (κ1) is 12.8. The number of nitrogens with zero attached hydrogens (tertiary/aromatic N) is 2. The van der Waals surface area contributed by atoms with Crippen LogP contribution in [0.4, 0.5) is 4.39 Å². The first-order chi connectivity index (χ1) is 8.56. The molecular formula is C14H18FN3. The Morgan fingerprint density at radius 3 is 2.56 bits per heavy atom. The van der Waals surface area contributed by atoms with Crippen LogP contribution in [0.5, 0.6) is 0 Å². The Morgan fingerprint density at radius 2 is 2.00 bits per heavy atom. The van der Waals surface area contributed by atoms with Crippen molar-refractivity contribution in [2.75, 3.05) is 7.05 Å². The third-order valence-corrected chi connectivity index (χ3v) is 3.30. The quantitative estimate of drug-likeness (QED) is 0.903. The molecule has 0 amide bonds. The topological polar surface area (TPSA) is 29.9 Å². The molecule has 3 nitrogen and oxygen atoms in total. The summed E-state index contributed by atoms with van der Waals surface area (Å²) in [7, 11) is 1.85. The van der Waals surface area contributed by atoms with Crippen molar-refractivity contribution in [3.8, 4) is 5.69 Å². The van der Waals surface area contributed by atoms with Crippen LogP contribution in [-0.2, 0) is 6.54 Å². The van der Waals surface area contributed by atoms with Gasteiger partial charge in [-0.1, -0.05) is 12.1 Å². The van der Waals surface area contributed by atoms with Gasteiger partial charge in [-0.25, -0.2) is 9.07 Å². The molecule has 0 aliphatic carbocycles. The fraction of sp³-hybridized carbons (Fsp3) is 0.357. The molecule has 1 heterocycles. The third-order valence-electron chi connectivity index (χ3n) is 3.30. The van der Waals surface area contributed by atoms with E-state index in [1.54, 1.807) is 10.7 Å². The molecule has 2 aromatic rings. The number of halogens is 1. The maximum absolute atomic E-state index is 14.1. The van der Waals surface area contributed by atoms with Gasteiger partial charge in [-0.2, -0.15) is 5.10 Å². The van der Waals surface area contributed by atoms with Crippen LogP contribution in [0.1, 0.15) is 22.5 Å². The highest BCUT2D eigenvalue weighted by atomic mass is 19.1. The van der Waals surface area contributed by atoms with Gasteiger partial charge in [-0.3, -0.25) is 0 Å². The molecule has 0 radical (unpaired) electrons. The van der Waals surface area contributed by atoms with Gasteiger partial charge < -0.3 is 5.32 Å². The SMILES string of the molecule is CNCc1cccc(F)c1-n1nc(C)c(C)c1C. The van der Waals surface area contributed by atoms with Gasteiger partial charge in [0, 0.05) is 12.2 Å². The summed E-state index contributed by atoms with van der Waals surface area (Å²) < 4.78 is 15.8. The van der Waals surface area contributed by atoms with E-state index in [2.05, 4.69) is 10.4 Å². The number of aryl methyl sites for hydroxylation is 1. The molecule has 0 fully saturated rings. The van der Waals surface area contributed by atoms with Gasteiger partial charge in [-0.05, 0) is 45.0 Å². The standard InChI is InChI=1S/C14H18FN3/c1-9-10(2)17-18(11(9)3)14-12(8-16-4)6-5-7-13(14)15/h5-7,16H,8H2,1-4H3. The Hall–Kier alpha value is -1.68. The fourth-order valence-corrected chi connectivity index (χ4v) is 2.07. The molecule has 0 atom stereocenters. The Labute approximate surface area is 107 Å². The van der Waals surface area contributed by atoms with Gasteiger partial charge in [0.15, 0.2) is 0 Å². The van der Waals surface area contributed by atoms with Crippen LogP contribution in [0.15, 0.2) is 18.2 Å². The molecular weight excluding hydrogens is 229 g/mol. The highest BCUT2D eigenvalue weighted by molar-refractivity contribution is 5.44. The zero-order valence-corrected chi connectivity index (χ0v) is 11.2. The molecule has 0 saturated carbocycles. The van der Waals surface area contributed by atoms with Crippen LogP contribution in [0.3, 0.4) is 0 Å². The molecule has 0 unspecified atom stereocenters. The Kier molecular flexibility index (Phi) is 3.48. The summed E-state index contributed by atoms with van der Waals surface area (Å²) in [6.45, 7) is 6.53. The third kappa shape index (κ3) is 2.04. The van der Waals surface area contributed by atoms with Crippen molar-refractivity contribution in [1.29, 1.82) is 0 Å². The molecule has 1 aromatic carbocycles. The van der Waals surface area contributed by atoms with E-state index in [9.17, 15) is 4.39 Å². The van der Waals surface area contributed by atoms with Crippen LogP contribution in [-0.4, -0.2) is 16.8 Å². The molecule has 1 N–H and O–H groups in total. The minimum atomic E-state index is -0.242. The summed E-state index contributed by atoms with van der Waals surface area (Å²) in [5.41, 5.74) is 4.47. The molecule has 0 aliphatic heterocycles. The molecule has 0 saturated heterocycles. The van der Waals surface area contributed by atoms with Gasteiger partial charge in [0.25, 0.3) is 0 Å². The zero-order chi connectivity index (χ0) is 13.3. The van der Waals surface area contributed by atoms with E-state index < -0.39 is 0 Å². The molecule has 0 bridgehead atoms. The van der Waals surface area contributed by atoms with E-state index in [-0.39, 0.29) is 5.82 Å². The van der Waals surface area contributed by atoms with Gasteiger partial charge in [-0.15, -0.1) is 0 Å². The van der Waals surface area contributed by atoms with Crippen molar-refractivity contribution < 1.29 is 4.39 Å². The van der Waals surface area contributed by atoms with Gasteiger partial charge in [0.2, 0.25) is 0 Å². The summed E-state index contributed by atoms with van der Waals surface area (Å²) in [6.07, 6.45) is 0. The minimum absolute atomic E-state index is 0.242. The lowest BCUT2D eigenvalue weighted by molar-refractivity contribution is 0.601. The minimum Gasteiger partial charge on any atom is -0.316 e. The first-order valence-electron chi connectivity index (χ1n) is 6.01. The molecule has 0 spiro atoms. The number of rotatable bonds is 3. The van der Waals surface area contributed by atoms with E-state index in [1.165, 1.54) is 6.07 Å². The lowest BCUT2D eigenvalue weighted by Crippen LogP contribution is -2.12. The lowest BCUT2D eigenvalue weighted by atomic mass is 10.1. The number of hydrogen-bond donors (Lipinski definition) is 1. The number of nitrogens with one attached hydrogen (secondary N) is 1. The van der Waals surface area contributed by atoms with Crippen LogP contribution in [0.2, 0.25) is 0 Å². The predicted octanol–water partition coefficient (Wildman–Crippen LogP) is 2.66. The highest BCUT2D eigenvalue weighted by Gasteiger charge is 2.15. The Balaban J connectivity index is 2.65. The zero-order valence-electron chi connectivity index (χ0n) is 11.2. The van der Waals surface area contributed by atoms with Crippen molar-refractivity contribution in [1.82, 2.24) is 15.1 Å². The maximum Gasteiger partial charge on any atom is 0.149 e. The second kappa shape index (κ2) is 4.90. The molecule has 1 aromatic heterocycles. The maximum atomic E-state index is 14.1. The second-order valence-corrected chi connectivity index (χ2v) is 4.49. The highest BCUT2D eigenvalue weighted by Crippen LogP contribution is 2.22. The number of para-hydroxylation sites is 1. The van der Waals surface area contributed by atoms with Crippen molar-refractivity contribution in [3.63, 3.8) is 0 Å². The van der Waals surface area contributed by atoms with Crippen LogP contribution < -0.4 is 5.32 Å². The molecule has 2 rings (SSSR count). The molecule has 18 heavy (non-hydrogen) atoms. The van der Waals surface area contributed by atoms with E-state index in [0.29, 0.717) is 12.2 Å². The van der Waals surface area contributed by atoms with E-state index >= 15 is 0 Å². The summed E-state index contributed by atoms with van der Waals surface area (Å²) in [4.78, 5) is 0. The monoisotopic (exact) mass is 247 g/mol. The average Bonchev–Trinajstić information content (AvgIpc) is 2.58. The Bertz CT molecular complexity index is 573. The largest absolute Gasteiger partial charge is 0.316 e. The summed E-state index contributed by atoms with van der Waals surface area (Å²) in [5.74, 6) is -0.242. The molecule has 96 valence electrons. The normalized spacial score (nSPS) is 10.9. The van der Waals surface area contributed by atoms with Crippen molar-refractivity contribution in [2.24, 2.45) is 0 Å². The number of hydrogen-bond acceptors (Lipinski definition) is 2. The Morgan fingerprint density at radius 1 is 1.28 bits per heavy atom. The van der Waals surface area contributed by atoms with Gasteiger partial charge in [0.1, 0.15) is 11.5 Å². The summed E-state index contributed by atoms with van der Waals surface area (Å²) in [6, 6.07) is 5.12. The summed E-state index contributed by atoms with van der Waals surface area (Å²) >= 11 is 0. The van der Waals surface area contributed by atoms with Crippen molar-refractivity contribution >= 4 is 0 Å².